The monoisotopic (exact) mass is 357 g/mol. The zero-order chi connectivity index (χ0) is 19.1. The fourth-order valence-corrected chi connectivity index (χ4v) is 2.34. The maximum atomic E-state index is 13.5. The molecule has 0 spiro atoms. The highest BCUT2D eigenvalue weighted by Crippen LogP contribution is 2.18. The Morgan fingerprint density at radius 1 is 0.846 bits per heavy atom. The van der Waals surface area contributed by atoms with Crippen LogP contribution in [0.2, 0.25) is 0 Å². The fraction of sp³-hybridized carbons (Fsp3) is 0.211. The first kappa shape index (κ1) is 19.1. The second-order valence-electron chi connectivity index (χ2n) is 5.75. The second kappa shape index (κ2) is 8.75. The molecular weight excluding hydrogens is 337 g/mol. The van der Waals surface area contributed by atoms with E-state index in [-0.39, 0.29) is 24.6 Å². The molecule has 0 aliphatic heterocycles. The number of anilines is 1. The normalized spacial score (nSPS) is 10.1. The minimum absolute atomic E-state index is 0.145. The molecule has 0 saturated heterocycles. The van der Waals surface area contributed by atoms with Crippen molar-refractivity contribution in [2.24, 2.45) is 0 Å². The SMILES string of the molecule is Cc1cccc(C)c1NC(=O)CNC(=O)CNC(=O)c1ccccc1F. The largest absolute Gasteiger partial charge is 0.345 e. The van der Waals surface area contributed by atoms with Crippen molar-refractivity contribution in [2.75, 3.05) is 18.4 Å². The molecule has 3 amide bonds. The van der Waals surface area contributed by atoms with Crippen LogP contribution in [0.1, 0.15) is 21.5 Å². The van der Waals surface area contributed by atoms with Gasteiger partial charge >= 0.3 is 0 Å². The number of halogens is 1. The van der Waals surface area contributed by atoms with Crippen LogP contribution in [-0.2, 0) is 9.59 Å². The van der Waals surface area contributed by atoms with Crippen LogP contribution in [-0.4, -0.2) is 30.8 Å². The maximum Gasteiger partial charge on any atom is 0.254 e. The average Bonchev–Trinajstić information content (AvgIpc) is 2.61. The topological polar surface area (TPSA) is 87.3 Å². The third-order valence-electron chi connectivity index (χ3n) is 3.72. The van der Waals surface area contributed by atoms with E-state index in [0.29, 0.717) is 5.69 Å². The van der Waals surface area contributed by atoms with Gasteiger partial charge in [-0.15, -0.1) is 0 Å². The standard InChI is InChI=1S/C19H20FN3O3/c1-12-6-5-7-13(2)18(12)23-17(25)11-21-16(24)10-22-19(26)14-8-3-4-9-15(14)20/h3-9H,10-11H2,1-2H3,(H,21,24)(H,22,26)(H,23,25). The number of hydrogen-bond donors (Lipinski definition) is 3. The smallest absolute Gasteiger partial charge is 0.254 e. The molecule has 6 nitrogen and oxygen atoms in total. The Balaban J connectivity index is 1.79. The first-order valence-corrected chi connectivity index (χ1v) is 8.04. The summed E-state index contributed by atoms with van der Waals surface area (Å²) in [4.78, 5) is 35.5. The van der Waals surface area contributed by atoms with E-state index in [1.165, 1.54) is 18.2 Å². The number of benzene rings is 2. The molecule has 0 aromatic heterocycles. The molecule has 0 fully saturated rings. The van der Waals surface area contributed by atoms with Gasteiger partial charge in [-0.3, -0.25) is 14.4 Å². The van der Waals surface area contributed by atoms with Crippen LogP contribution < -0.4 is 16.0 Å². The molecule has 26 heavy (non-hydrogen) atoms. The van der Waals surface area contributed by atoms with Gasteiger partial charge in [-0.05, 0) is 37.1 Å². The molecule has 2 rings (SSSR count). The van der Waals surface area contributed by atoms with E-state index in [9.17, 15) is 18.8 Å². The fourth-order valence-electron chi connectivity index (χ4n) is 2.34. The van der Waals surface area contributed by atoms with Crippen molar-refractivity contribution in [1.29, 1.82) is 0 Å². The van der Waals surface area contributed by atoms with Crippen LogP contribution in [0.25, 0.3) is 0 Å². The van der Waals surface area contributed by atoms with Crippen molar-refractivity contribution >= 4 is 23.4 Å². The lowest BCUT2D eigenvalue weighted by Crippen LogP contribution is -2.40. The lowest BCUT2D eigenvalue weighted by atomic mass is 10.1. The number of nitrogens with one attached hydrogen (secondary N) is 3. The van der Waals surface area contributed by atoms with Gasteiger partial charge in [0.2, 0.25) is 11.8 Å². The predicted molar refractivity (Wildman–Crippen MR) is 96.3 cm³/mol. The number of amides is 3. The van der Waals surface area contributed by atoms with Gasteiger partial charge in [0.25, 0.3) is 5.91 Å². The molecule has 2 aromatic carbocycles. The Kier molecular flexibility index (Phi) is 6.43. The van der Waals surface area contributed by atoms with E-state index in [4.69, 9.17) is 0 Å². The van der Waals surface area contributed by atoms with Crippen molar-refractivity contribution in [1.82, 2.24) is 10.6 Å². The van der Waals surface area contributed by atoms with E-state index in [0.717, 1.165) is 17.2 Å². The highest BCUT2D eigenvalue weighted by molar-refractivity contribution is 5.98. The minimum Gasteiger partial charge on any atom is -0.345 e. The van der Waals surface area contributed by atoms with Crippen molar-refractivity contribution in [2.45, 2.75) is 13.8 Å². The van der Waals surface area contributed by atoms with E-state index >= 15 is 0 Å². The van der Waals surface area contributed by atoms with Gasteiger partial charge in [0, 0.05) is 5.69 Å². The molecule has 0 radical (unpaired) electrons. The van der Waals surface area contributed by atoms with Crippen LogP contribution in [0.5, 0.6) is 0 Å². The molecule has 0 bridgehead atoms. The minimum atomic E-state index is -0.696. The molecule has 3 N–H and O–H groups in total. The number of hydrogen-bond acceptors (Lipinski definition) is 3. The number of para-hydroxylation sites is 1. The molecule has 0 saturated carbocycles. The van der Waals surface area contributed by atoms with E-state index in [1.54, 1.807) is 0 Å². The van der Waals surface area contributed by atoms with Gasteiger partial charge in [-0.25, -0.2) is 4.39 Å². The summed E-state index contributed by atoms with van der Waals surface area (Å²) in [5, 5.41) is 7.45. The molecule has 7 heteroatoms. The summed E-state index contributed by atoms with van der Waals surface area (Å²) in [7, 11) is 0. The summed E-state index contributed by atoms with van der Waals surface area (Å²) < 4.78 is 13.5. The van der Waals surface area contributed by atoms with Crippen LogP contribution in [0, 0.1) is 19.7 Å². The molecule has 0 aliphatic carbocycles. The Hall–Kier alpha value is -3.22. The van der Waals surface area contributed by atoms with Crippen LogP contribution in [0.3, 0.4) is 0 Å². The summed E-state index contributed by atoms with van der Waals surface area (Å²) in [5.41, 5.74) is 2.40. The van der Waals surface area contributed by atoms with Gasteiger partial charge < -0.3 is 16.0 Å². The van der Waals surface area contributed by atoms with Crippen LogP contribution >= 0.6 is 0 Å². The highest BCUT2D eigenvalue weighted by atomic mass is 19.1. The van der Waals surface area contributed by atoms with E-state index < -0.39 is 17.6 Å². The van der Waals surface area contributed by atoms with Gasteiger partial charge in [0.05, 0.1) is 18.7 Å². The molecule has 0 unspecified atom stereocenters. The summed E-state index contributed by atoms with van der Waals surface area (Å²) in [6.07, 6.45) is 0. The molecule has 0 atom stereocenters. The number of rotatable bonds is 6. The second-order valence-corrected chi connectivity index (χ2v) is 5.75. The molecule has 2 aromatic rings. The van der Waals surface area contributed by atoms with E-state index in [2.05, 4.69) is 16.0 Å². The van der Waals surface area contributed by atoms with Crippen LogP contribution in [0.15, 0.2) is 42.5 Å². The van der Waals surface area contributed by atoms with Crippen molar-refractivity contribution in [3.8, 4) is 0 Å². The Bertz CT molecular complexity index is 816. The molecule has 0 aliphatic rings. The Morgan fingerprint density at radius 2 is 1.46 bits per heavy atom. The van der Waals surface area contributed by atoms with Gasteiger partial charge in [0.1, 0.15) is 5.82 Å². The number of carbonyl (C=O) groups excluding carboxylic acids is 3. The summed E-state index contributed by atoms with van der Waals surface area (Å²) in [5.74, 6) is -2.29. The zero-order valence-corrected chi connectivity index (χ0v) is 14.6. The average molecular weight is 357 g/mol. The van der Waals surface area contributed by atoms with Crippen molar-refractivity contribution in [3.05, 3.63) is 65.0 Å². The van der Waals surface area contributed by atoms with Crippen molar-refractivity contribution in [3.63, 3.8) is 0 Å². The summed E-state index contributed by atoms with van der Waals surface area (Å²) in [6, 6.07) is 11.1. The predicted octanol–water partition coefficient (Wildman–Crippen LogP) is 1.93. The highest BCUT2D eigenvalue weighted by Gasteiger charge is 2.13. The molecule has 136 valence electrons. The quantitative estimate of drug-likeness (QED) is 0.738. The van der Waals surface area contributed by atoms with Crippen molar-refractivity contribution < 1.29 is 18.8 Å². The van der Waals surface area contributed by atoms with Gasteiger partial charge in [-0.1, -0.05) is 30.3 Å². The lowest BCUT2D eigenvalue weighted by molar-refractivity contribution is -0.123. The number of carbonyl (C=O) groups is 3. The zero-order valence-electron chi connectivity index (χ0n) is 14.6. The van der Waals surface area contributed by atoms with Gasteiger partial charge in [0.15, 0.2) is 0 Å². The summed E-state index contributed by atoms with van der Waals surface area (Å²) in [6.45, 7) is 3.16. The van der Waals surface area contributed by atoms with E-state index in [1.807, 2.05) is 32.0 Å². The Labute approximate surface area is 150 Å². The molecular formula is C19H20FN3O3. The first-order valence-electron chi connectivity index (χ1n) is 8.04. The third-order valence-corrected chi connectivity index (χ3v) is 3.72. The first-order chi connectivity index (χ1) is 12.4. The summed E-state index contributed by atoms with van der Waals surface area (Å²) >= 11 is 0. The molecule has 0 heterocycles. The van der Waals surface area contributed by atoms with Crippen LogP contribution in [0.4, 0.5) is 10.1 Å². The third kappa shape index (κ3) is 5.14. The lowest BCUT2D eigenvalue weighted by Gasteiger charge is -2.12. The Morgan fingerprint density at radius 3 is 2.12 bits per heavy atom. The number of aryl methyl sites for hydroxylation is 2. The maximum absolute atomic E-state index is 13.5. The van der Waals surface area contributed by atoms with Gasteiger partial charge in [-0.2, -0.15) is 0 Å².